The van der Waals surface area contributed by atoms with Crippen LogP contribution in [0.15, 0.2) is 17.0 Å². The zero-order chi connectivity index (χ0) is 14.0. The van der Waals surface area contributed by atoms with Crippen LogP contribution in [0.4, 0.5) is 0 Å². The van der Waals surface area contributed by atoms with Crippen molar-refractivity contribution in [2.45, 2.75) is 37.2 Å². The molecule has 0 amide bonds. The van der Waals surface area contributed by atoms with Crippen molar-refractivity contribution in [3.05, 3.63) is 27.7 Å². The molecule has 0 spiro atoms. The number of sulfonamides is 1. The zero-order valence-electron chi connectivity index (χ0n) is 10.5. The van der Waals surface area contributed by atoms with Gasteiger partial charge in [-0.25, -0.2) is 13.1 Å². The highest BCUT2D eigenvalue weighted by Crippen LogP contribution is 2.30. The quantitative estimate of drug-likeness (QED) is 0.846. The van der Waals surface area contributed by atoms with Gasteiger partial charge in [-0.2, -0.15) is 0 Å². The summed E-state index contributed by atoms with van der Waals surface area (Å²) in [5, 5.41) is 3.90. The molecule has 0 saturated heterocycles. The molecule has 0 heterocycles. The Morgan fingerprint density at radius 2 is 2.00 bits per heavy atom. The number of halogens is 2. The standard InChI is InChI=1S/C12H16Cl2N2O2S/c1-2-16-19(17,18)11-6-9(13)5-8(12(11)14)7-15-10-3-4-10/h5-6,10,15-16H,2-4,7H2,1H3. The van der Waals surface area contributed by atoms with E-state index in [-0.39, 0.29) is 9.92 Å². The highest BCUT2D eigenvalue weighted by atomic mass is 35.5. The Labute approximate surface area is 123 Å². The van der Waals surface area contributed by atoms with Gasteiger partial charge >= 0.3 is 0 Å². The highest BCUT2D eigenvalue weighted by Gasteiger charge is 2.23. The van der Waals surface area contributed by atoms with Gasteiger partial charge < -0.3 is 5.32 Å². The molecule has 2 N–H and O–H groups in total. The molecule has 0 bridgehead atoms. The van der Waals surface area contributed by atoms with E-state index in [9.17, 15) is 8.42 Å². The van der Waals surface area contributed by atoms with Crippen LogP contribution in [0.1, 0.15) is 25.3 Å². The van der Waals surface area contributed by atoms with Crippen LogP contribution in [0.2, 0.25) is 10.0 Å². The van der Waals surface area contributed by atoms with Gasteiger partial charge in [-0.1, -0.05) is 30.1 Å². The summed E-state index contributed by atoms with van der Waals surface area (Å²) in [7, 11) is -3.60. The summed E-state index contributed by atoms with van der Waals surface area (Å²) in [5.74, 6) is 0. The molecule has 1 saturated carbocycles. The molecule has 1 aromatic rings. The molecule has 1 fully saturated rings. The van der Waals surface area contributed by atoms with Crippen LogP contribution in [0.25, 0.3) is 0 Å². The van der Waals surface area contributed by atoms with E-state index in [2.05, 4.69) is 10.0 Å². The minimum atomic E-state index is -3.60. The summed E-state index contributed by atoms with van der Waals surface area (Å²) in [6.45, 7) is 2.55. The molecule has 1 aromatic carbocycles. The van der Waals surface area contributed by atoms with E-state index in [4.69, 9.17) is 23.2 Å². The molecule has 2 rings (SSSR count). The number of benzene rings is 1. The van der Waals surface area contributed by atoms with Gasteiger partial charge in [0.25, 0.3) is 0 Å². The Morgan fingerprint density at radius 1 is 1.32 bits per heavy atom. The van der Waals surface area contributed by atoms with E-state index in [1.54, 1.807) is 13.0 Å². The van der Waals surface area contributed by atoms with Crippen molar-refractivity contribution in [1.82, 2.24) is 10.0 Å². The van der Waals surface area contributed by atoms with Gasteiger partial charge in [-0.3, -0.25) is 0 Å². The predicted molar refractivity (Wildman–Crippen MR) is 77.2 cm³/mol. The Hall–Kier alpha value is -0.330. The Kier molecular flexibility index (Phi) is 4.74. The monoisotopic (exact) mass is 322 g/mol. The molecule has 7 heteroatoms. The van der Waals surface area contributed by atoms with Crippen LogP contribution in [-0.4, -0.2) is 21.0 Å². The topological polar surface area (TPSA) is 58.2 Å². The largest absolute Gasteiger partial charge is 0.310 e. The van der Waals surface area contributed by atoms with E-state index in [0.717, 1.165) is 12.8 Å². The lowest BCUT2D eigenvalue weighted by Gasteiger charge is -2.12. The molecule has 1 aliphatic rings. The normalized spacial score (nSPS) is 15.7. The van der Waals surface area contributed by atoms with Crippen LogP contribution >= 0.6 is 23.2 Å². The first kappa shape index (κ1) is 15.1. The third-order valence-electron chi connectivity index (χ3n) is 2.86. The minimum absolute atomic E-state index is 0.0381. The average Bonchev–Trinajstić information content (AvgIpc) is 3.13. The van der Waals surface area contributed by atoms with Crippen molar-refractivity contribution in [2.24, 2.45) is 0 Å². The lowest BCUT2D eigenvalue weighted by atomic mass is 10.2. The SMILES string of the molecule is CCNS(=O)(=O)c1cc(Cl)cc(CNC2CC2)c1Cl. The fourth-order valence-electron chi connectivity index (χ4n) is 1.75. The molecular weight excluding hydrogens is 307 g/mol. The first-order chi connectivity index (χ1) is 8.94. The van der Waals surface area contributed by atoms with E-state index in [1.807, 2.05) is 0 Å². The Balaban J connectivity index is 2.32. The van der Waals surface area contributed by atoms with Gasteiger partial charge in [0.05, 0.1) is 5.02 Å². The van der Waals surface area contributed by atoms with Crippen molar-refractivity contribution in [2.75, 3.05) is 6.54 Å². The van der Waals surface area contributed by atoms with Crippen LogP contribution in [0.3, 0.4) is 0 Å². The van der Waals surface area contributed by atoms with Crippen LogP contribution in [0, 0.1) is 0 Å². The molecule has 0 unspecified atom stereocenters. The van der Waals surface area contributed by atoms with Gasteiger partial charge in [0.15, 0.2) is 0 Å². The predicted octanol–water partition coefficient (Wildman–Crippen LogP) is 2.54. The molecule has 19 heavy (non-hydrogen) atoms. The van der Waals surface area contributed by atoms with Crippen molar-refractivity contribution >= 4 is 33.2 Å². The van der Waals surface area contributed by atoms with E-state index >= 15 is 0 Å². The number of rotatable bonds is 6. The third kappa shape index (κ3) is 3.83. The number of nitrogens with one attached hydrogen (secondary N) is 2. The zero-order valence-corrected chi connectivity index (χ0v) is 12.9. The van der Waals surface area contributed by atoms with Crippen molar-refractivity contribution in [1.29, 1.82) is 0 Å². The van der Waals surface area contributed by atoms with Gasteiger partial charge in [-0.15, -0.1) is 0 Å². The molecule has 106 valence electrons. The van der Waals surface area contributed by atoms with Crippen molar-refractivity contribution in [3.63, 3.8) is 0 Å². The summed E-state index contributed by atoms with van der Waals surface area (Å²) in [5.41, 5.74) is 0.706. The maximum atomic E-state index is 12.0. The van der Waals surface area contributed by atoms with Gasteiger partial charge in [0, 0.05) is 24.2 Å². The maximum Gasteiger partial charge on any atom is 0.242 e. The van der Waals surface area contributed by atoms with E-state index in [1.165, 1.54) is 6.07 Å². The highest BCUT2D eigenvalue weighted by molar-refractivity contribution is 7.89. The number of hydrogen-bond donors (Lipinski definition) is 2. The fraction of sp³-hybridized carbons (Fsp3) is 0.500. The van der Waals surface area contributed by atoms with Crippen LogP contribution < -0.4 is 10.0 Å². The summed E-state index contributed by atoms with van der Waals surface area (Å²) in [4.78, 5) is 0.0381. The van der Waals surface area contributed by atoms with Crippen molar-refractivity contribution in [3.8, 4) is 0 Å². The summed E-state index contributed by atoms with van der Waals surface area (Å²) < 4.78 is 26.5. The molecule has 0 aromatic heterocycles. The van der Waals surface area contributed by atoms with Gasteiger partial charge in [-0.05, 0) is 30.5 Å². The molecule has 0 atom stereocenters. The molecular formula is C12H16Cl2N2O2S. The summed E-state index contributed by atoms with van der Waals surface area (Å²) in [6, 6.07) is 3.59. The second-order valence-electron chi connectivity index (χ2n) is 4.53. The summed E-state index contributed by atoms with van der Waals surface area (Å²) in [6.07, 6.45) is 2.31. The second-order valence-corrected chi connectivity index (χ2v) is 7.08. The van der Waals surface area contributed by atoms with E-state index < -0.39 is 10.0 Å². The molecule has 0 aliphatic heterocycles. The van der Waals surface area contributed by atoms with Crippen LogP contribution in [0.5, 0.6) is 0 Å². The van der Waals surface area contributed by atoms with Crippen molar-refractivity contribution < 1.29 is 8.42 Å². The van der Waals surface area contributed by atoms with E-state index in [0.29, 0.717) is 29.7 Å². The summed E-state index contributed by atoms with van der Waals surface area (Å²) >= 11 is 12.2. The average molecular weight is 323 g/mol. The third-order valence-corrected chi connectivity index (χ3v) is 5.21. The molecule has 1 aliphatic carbocycles. The fourth-order valence-corrected chi connectivity index (χ4v) is 3.72. The van der Waals surface area contributed by atoms with Crippen LogP contribution in [-0.2, 0) is 16.6 Å². The number of hydrogen-bond acceptors (Lipinski definition) is 3. The Morgan fingerprint density at radius 3 is 2.58 bits per heavy atom. The first-order valence-electron chi connectivity index (χ1n) is 6.15. The first-order valence-corrected chi connectivity index (χ1v) is 8.39. The second kappa shape index (κ2) is 5.97. The smallest absolute Gasteiger partial charge is 0.242 e. The lowest BCUT2D eigenvalue weighted by Crippen LogP contribution is -2.24. The maximum absolute atomic E-state index is 12.0. The van der Waals surface area contributed by atoms with Gasteiger partial charge in [0.2, 0.25) is 10.0 Å². The Bertz CT molecular complexity index is 571. The lowest BCUT2D eigenvalue weighted by molar-refractivity contribution is 0.583. The molecule has 0 radical (unpaired) electrons. The van der Waals surface area contributed by atoms with Gasteiger partial charge in [0.1, 0.15) is 4.90 Å². The minimum Gasteiger partial charge on any atom is -0.310 e. The molecule has 4 nitrogen and oxygen atoms in total.